The van der Waals surface area contributed by atoms with Gasteiger partial charge in [0.05, 0.1) is 16.4 Å². The van der Waals surface area contributed by atoms with Gasteiger partial charge >= 0.3 is 0 Å². The van der Waals surface area contributed by atoms with Gasteiger partial charge in [0.1, 0.15) is 0 Å². The van der Waals surface area contributed by atoms with E-state index in [4.69, 9.17) is 0 Å². The van der Waals surface area contributed by atoms with Gasteiger partial charge in [-0.2, -0.15) is 0 Å². The van der Waals surface area contributed by atoms with Crippen molar-refractivity contribution in [3.05, 3.63) is 82.9 Å². The number of aromatic nitrogens is 1. The Kier molecular flexibility index (Phi) is 9.21. The number of hydrogen-bond acceptors (Lipinski definition) is 4. The van der Waals surface area contributed by atoms with Crippen LogP contribution < -0.4 is 5.32 Å². The van der Waals surface area contributed by atoms with Crippen LogP contribution in [-0.2, 0) is 16.6 Å². The average Bonchev–Trinajstić information content (AvgIpc) is 3.50. The molecule has 0 radical (unpaired) electrons. The van der Waals surface area contributed by atoms with E-state index < -0.39 is 11.5 Å². The van der Waals surface area contributed by atoms with Crippen molar-refractivity contribution in [1.29, 1.82) is 0 Å². The van der Waals surface area contributed by atoms with Crippen molar-refractivity contribution in [2.45, 2.75) is 58.5 Å². The monoisotopic (exact) mass is 424 g/mol. The predicted octanol–water partition coefficient (Wildman–Crippen LogP) is 6.14. The Morgan fingerprint density at radius 1 is 1.03 bits per heavy atom. The summed E-state index contributed by atoms with van der Waals surface area (Å²) >= 11 is 1.33. The van der Waals surface area contributed by atoms with Crippen molar-refractivity contribution in [2.24, 2.45) is 0 Å². The third kappa shape index (κ3) is 5.77. The maximum atomic E-state index is 12.8. The quantitative estimate of drug-likeness (QED) is 0.499. The Hall–Kier alpha value is -2.50. The first-order valence-electron chi connectivity index (χ1n) is 10.7. The van der Waals surface area contributed by atoms with Gasteiger partial charge < -0.3 is 10.4 Å². The molecule has 4 rings (SSSR count). The Morgan fingerprint density at radius 3 is 2.17 bits per heavy atom. The Labute approximate surface area is 184 Å². The van der Waals surface area contributed by atoms with Crippen LogP contribution in [0.1, 0.15) is 62.6 Å². The SMILES string of the molecule is CC.CC.O=C(Nc1ncc(C(O)Cc2ccccc2)s1)C1(c2ccccc2)CC1. The van der Waals surface area contributed by atoms with Gasteiger partial charge in [-0.25, -0.2) is 4.98 Å². The van der Waals surface area contributed by atoms with Gasteiger partial charge in [-0.05, 0) is 24.0 Å². The van der Waals surface area contributed by atoms with Crippen LogP contribution >= 0.6 is 11.3 Å². The number of aliphatic hydroxyl groups is 1. The molecule has 1 fully saturated rings. The molecule has 0 spiro atoms. The average molecular weight is 425 g/mol. The lowest BCUT2D eigenvalue weighted by Gasteiger charge is -2.14. The number of carbonyl (C=O) groups is 1. The van der Waals surface area contributed by atoms with Crippen molar-refractivity contribution in [3.8, 4) is 0 Å². The van der Waals surface area contributed by atoms with Gasteiger partial charge in [-0.15, -0.1) is 0 Å². The van der Waals surface area contributed by atoms with E-state index in [0.717, 1.165) is 28.8 Å². The molecule has 0 aliphatic heterocycles. The van der Waals surface area contributed by atoms with E-state index in [1.165, 1.54) is 11.3 Å². The van der Waals surface area contributed by atoms with Crippen LogP contribution in [0.2, 0.25) is 0 Å². The molecule has 1 atom stereocenters. The summed E-state index contributed by atoms with van der Waals surface area (Å²) in [4.78, 5) is 17.8. The van der Waals surface area contributed by atoms with Crippen LogP contribution in [-0.4, -0.2) is 16.0 Å². The molecule has 1 aliphatic rings. The smallest absolute Gasteiger partial charge is 0.236 e. The summed E-state index contributed by atoms with van der Waals surface area (Å²) in [5.74, 6) is -0.0119. The van der Waals surface area contributed by atoms with Gasteiger partial charge in [0.15, 0.2) is 5.13 Å². The molecule has 1 heterocycles. The van der Waals surface area contributed by atoms with E-state index in [9.17, 15) is 9.90 Å². The molecule has 160 valence electrons. The van der Waals surface area contributed by atoms with Crippen LogP contribution in [0, 0.1) is 0 Å². The Morgan fingerprint density at radius 2 is 1.60 bits per heavy atom. The fourth-order valence-corrected chi connectivity index (χ4v) is 3.98. The number of rotatable bonds is 6. The number of nitrogens with zero attached hydrogens (tertiary/aromatic N) is 1. The Balaban J connectivity index is 0.000000757. The molecule has 1 aromatic heterocycles. The van der Waals surface area contributed by atoms with Gasteiger partial charge in [0.2, 0.25) is 5.91 Å². The molecule has 5 heteroatoms. The molecule has 1 saturated carbocycles. The number of nitrogens with one attached hydrogen (secondary N) is 1. The van der Waals surface area contributed by atoms with Crippen molar-refractivity contribution >= 4 is 22.4 Å². The van der Waals surface area contributed by atoms with Crippen molar-refractivity contribution in [3.63, 3.8) is 0 Å². The third-order valence-corrected chi connectivity index (χ3v) is 5.87. The number of benzene rings is 2. The first-order chi connectivity index (χ1) is 14.7. The second kappa shape index (κ2) is 11.6. The zero-order valence-corrected chi connectivity index (χ0v) is 19.1. The topological polar surface area (TPSA) is 62.2 Å². The van der Waals surface area contributed by atoms with E-state index in [0.29, 0.717) is 11.6 Å². The molecule has 4 nitrogen and oxygen atoms in total. The van der Waals surface area contributed by atoms with Crippen molar-refractivity contribution in [2.75, 3.05) is 5.32 Å². The molecule has 1 aliphatic carbocycles. The number of hydrogen-bond donors (Lipinski definition) is 2. The first-order valence-corrected chi connectivity index (χ1v) is 11.5. The van der Waals surface area contributed by atoms with Gasteiger partial charge in [0, 0.05) is 12.6 Å². The maximum Gasteiger partial charge on any atom is 0.236 e. The van der Waals surface area contributed by atoms with Crippen molar-refractivity contribution < 1.29 is 9.90 Å². The van der Waals surface area contributed by atoms with Crippen LogP contribution in [0.4, 0.5) is 5.13 Å². The van der Waals surface area contributed by atoms with Gasteiger partial charge in [-0.3, -0.25) is 4.79 Å². The summed E-state index contributed by atoms with van der Waals surface area (Å²) in [6, 6.07) is 19.7. The van der Waals surface area contributed by atoms with E-state index in [1.807, 2.05) is 88.4 Å². The molecule has 3 aromatic rings. The number of carbonyl (C=O) groups excluding carboxylic acids is 1. The number of anilines is 1. The lowest BCUT2D eigenvalue weighted by atomic mass is 9.95. The normalized spacial score (nSPS) is 14.3. The second-order valence-electron chi connectivity index (χ2n) is 6.68. The fourth-order valence-electron chi connectivity index (χ4n) is 3.18. The third-order valence-electron chi connectivity index (χ3n) is 4.86. The van der Waals surface area contributed by atoms with Crippen LogP contribution in [0.3, 0.4) is 0 Å². The van der Waals surface area contributed by atoms with E-state index in [1.54, 1.807) is 6.20 Å². The molecule has 2 N–H and O–H groups in total. The largest absolute Gasteiger partial charge is 0.387 e. The predicted molar refractivity (Wildman–Crippen MR) is 126 cm³/mol. The molecule has 0 saturated heterocycles. The van der Waals surface area contributed by atoms with Crippen LogP contribution in [0.15, 0.2) is 66.9 Å². The standard InChI is InChI=1S/C21H20N2O2S.2C2H6/c24-17(13-15-7-3-1-4-8-15)18-14-22-20(26-18)23-19(25)21(11-12-21)16-9-5-2-6-10-16;2*1-2/h1-10,14,17,24H,11-13H2,(H,22,23,25);2*1-2H3. The summed E-state index contributed by atoms with van der Waals surface area (Å²) < 4.78 is 0. The minimum absolute atomic E-state index is 0.0119. The molecule has 2 aromatic carbocycles. The highest BCUT2D eigenvalue weighted by atomic mass is 32.1. The zero-order valence-electron chi connectivity index (χ0n) is 18.3. The minimum atomic E-state index is -0.621. The summed E-state index contributed by atoms with van der Waals surface area (Å²) in [6.07, 6.45) is 3.28. The first kappa shape index (κ1) is 23.8. The Bertz CT molecular complexity index is 890. The molecule has 1 amide bonds. The molecular weight excluding hydrogens is 392 g/mol. The lowest BCUT2D eigenvalue weighted by molar-refractivity contribution is -0.118. The minimum Gasteiger partial charge on any atom is -0.387 e. The zero-order chi connectivity index (χ0) is 22.0. The maximum absolute atomic E-state index is 12.8. The number of amides is 1. The van der Waals surface area contributed by atoms with E-state index in [2.05, 4.69) is 10.3 Å². The lowest BCUT2D eigenvalue weighted by Crippen LogP contribution is -2.27. The van der Waals surface area contributed by atoms with Gasteiger partial charge in [0.25, 0.3) is 0 Å². The highest BCUT2D eigenvalue weighted by Gasteiger charge is 2.51. The van der Waals surface area contributed by atoms with E-state index in [-0.39, 0.29) is 5.91 Å². The number of aliphatic hydroxyl groups excluding tert-OH is 1. The second-order valence-corrected chi connectivity index (χ2v) is 7.74. The highest BCUT2D eigenvalue weighted by molar-refractivity contribution is 7.15. The summed E-state index contributed by atoms with van der Waals surface area (Å²) in [6.45, 7) is 8.00. The summed E-state index contributed by atoms with van der Waals surface area (Å²) in [5.41, 5.74) is 1.70. The van der Waals surface area contributed by atoms with Gasteiger partial charge in [-0.1, -0.05) is 99.7 Å². The molecule has 30 heavy (non-hydrogen) atoms. The number of thiazole rings is 1. The molecular formula is C25H32N2O2S. The van der Waals surface area contributed by atoms with Crippen LogP contribution in [0.5, 0.6) is 0 Å². The molecule has 0 bridgehead atoms. The van der Waals surface area contributed by atoms with E-state index >= 15 is 0 Å². The molecule has 1 unspecified atom stereocenters. The highest BCUT2D eigenvalue weighted by Crippen LogP contribution is 2.49. The van der Waals surface area contributed by atoms with Crippen LogP contribution in [0.25, 0.3) is 0 Å². The fraction of sp³-hybridized carbons (Fsp3) is 0.360. The summed E-state index contributed by atoms with van der Waals surface area (Å²) in [7, 11) is 0. The summed E-state index contributed by atoms with van der Waals surface area (Å²) in [5, 5.41) is 13.9. The van der Waals surface area contributed by atoms with Crippen molar-refractivity contribution in [1.82, 2.24) is 4.98 Å².